The summed E-state index contributed by atoms with van der Waals surface area (Å²) in [6.07, 6.45) is 2.16. The fourth-order valence-corrected chi connectivity index (χ4v) is 4.48. The van der Waals surface area contributed by atoms with E-state index in [4.69, 9.17) is 9.15 Å². The van der Waals surface area contributed by atoms with Crippen molar-refractivity contribution in [1.29, 1.82) is 0 Å². The third-order valence-electron chi connectivity index (χ3n) is 6.57. The molecule has 1 aliphatic heterocycles. The Labute approximate surface area is 200 Å². The van der Waals surface area contributed by atoms with E-state index in [0.29, 0.717) is 11.6 Å². The van der Waals surface area contributed by atoms with Gasteiger partial charge in [-0.3, -0.25) is 9.69 Å². The number of aryl methyl sites for hydroxylation is 1. The van der Waals surface area contributed by atoms with Crippen LogP contribution >= 0.6 is 0 Å². The number of nitrogens with zero attached hydrogens (tertiary/aromatic N) is 1. The van der Waals surface area contributed by atoms with Crippen LogP contribution in [0.15, 0.2) is 77.2 Å². The zero-order valence-corrected chi connectivity index (χ0v) is 19.7. The maximum absolute atomic E-state index is 12.9. The molecule has 1 amide bonds. The van der Waals surface area contributed by atoms with Crippen molar-refractivity contribution in [2.75, 3.05) is 25.6 Å². The smallest absolute Gasteiger partial charge is 0.255 e. The normalized spacial score (nSPS) is 14.6. The first-order valence-electron chi connectivity index (χ1n) is 11.8. The molecule has 34 heavy (non-hydrogen) atoms. The lowest BCUT2D eigenvalue weighted by molar-refractivity contribution is 0.0407. The van der Waals surface area contributed by atoms with E-state index in [2.05, 4.69) is 48.5 Å². The van der Waals surface area contributed by atoms with Gasteiger partial charge in [-0.1, -0.05) is 42.0 Å². The van der Waals surface area contributed by atoms with Crippen LogP contribution in [-0.4, -0.2) is 37.1 Å². The van der Waals surface area contributed by atoms with E-state index in [1.165, 1.54) is 11.1 Å². The van der Waals surface area contributed by atoms with Crippen LogP contribution in [0.4, 0.5) is 5.69 Å². The summed E-state index contributed by atoms with van der Waals surface area (Å²) in [4.78, 5) is 15.3. The molecule has 0 aliphatic carbocycles. The van der Waals surface area contributed by atoms with E-state index in [0.717, 1.165) is 60.6 Å². The molecule has 1 saturated heterocycles. The summed E-state index contributed by atoms with van der Waals surface area (Å²) < 4.78 is 11.5. The monoisotopic (exact) mass is 454 g/mol. The molecule has 0 radical (unpaired) electrons. The third kappa shape index (κ3) is 5.06. The number of rotatable bonds is 6. The first-order chi connectivity index (χ1) is 16.5. The fourth-order valence-electron chi connectivity index (χ4n) is 4.48. The molecule has 0 unspecified atom stereocenters. The number of anilines is 1. The number of benzene rings is 3. The number of hydrogen-bond acceptors (Lipinski definition) is 4. The predicted molar refractivity (Wildman–Crippen MR) is 136 cm³/mol. The number of hydrogen-bond donors (Lipinski definition) is 1. The van der Waals surface area contributed by atoms with Gasteiger partial charge in [-0.05, 0) is 68.8 Å². The Morgan fingerprint density at radius 3 is 2.44 bits per heavy atom. The largest absolute Gasteiger partial charge is 0.456 e. The summed E-state index contributed by atoms with van der Waals surface area (Å²) in [5.74, 6) is 0.668. The number of ether oxygens (including phenoxy) is 1. The van der Waals surface area contributed by atoms with Gasteiger partial charge < -0.3 is 14.5 Å². The third-order valence-corrected chi connectivity index (χ3v) is 6.57. The lowest BCUT2D eigenvalue weighted by atomic mass is 10.1. The van der Waals surface area contributed by atoms with Gasteiger partial charge in [-0.2, -0.15) is 0 Å². The van der Waals surface area contributed by atoms with E-state index in [1.807, 2.05) is 42.5 Å². The van der Waals surface area contributed by atoms with Crippen molar-refractivity contribution in [2.45, 2.75) is 32.4 Å². The topological polar surface area (TPSA) is 54.7 Å². The number of nitrogens with one attached hydrogen (secondary N) is 1. The van der Waals surface area contributed by atoms with E-state index < -0.39 is 0 Å². The van der Waals surface area contributed by atoms with Crippen LogP contribution in [0.5, 0.6) is 0 Å². The van der Waals surface area contributed by atoms with Gasteiger partial charge in [0.1, 0.15) is 11.3 Å². The van der Waals surface area contributed by atoms with Crippen LogP contribution in [0.2, 0.25) is 0 Å². The highest BCUT2D eigenvalue weighted by molar-refractivity contribution is 6.06. The lowest BCUT2D eigenvalue weighted by Gasteiger charge is -2.31. The lowest BCUT2D eigenvalue weighted by Crippen LogP contribution is -2.36. The molecule has 2 heterocycles. The average molecular weight is 455 g/mol. The second kappa shape index (κ2) is 9.84. The van der Waals surface area contributed by atoms with Gasteiger partial charge in [0.25, 0.3) is 5.91 Å². The molecule has 5 nitrogen and oxygen atoms in total. The highest BCUT2D eigenvalue weighted by Gasteiger charge is 2.18. The Morgan fingerprint density at radius 2 is 1.71 bits per heavy atom. The molecule has 0 atom stereocenters. The molecule has 1 aromatic heterocycles. The van der Waals surface area contributed by atoms with Crippen LogP contribution < -0.4 is 5.32 Å². The van der Waals surface area contributed by atoms with Gasteiger partial charge in [-0.25, -0.2) is 0 Å². The van der Waals surface area contributed by atoms with E-state index >= 15 is 0 Å². The number of carbonyl (C=O) groups excluding carboxylic acids is 1. The molecule has 174 valence electrons. The molecule has 1 N–H and O–H groups in total. The Bertz CT molecular complexity index is 1270. The van der Waals surface area contributed by atoms with Crippen molar-refractivity contribution in [1.82, 2.24) is 4.90 Å². The van der Waals surface area contributed by atoms with Crippen molar-refractivity contribution in [2.24, 2.45) is 0 Å². The van der Waals surface area contributed by atoms with Crippen LogP contribution in [0.3, 0.4) is 0 Å². The average Bonchev–Trinajstić information content (AvgIpc) is 3.29. The van der Waals surface area contributed by atoms with E-state index in [-0.39, 0.29) is 5.91 Å². The first-order valence-corrected chi connectivity index (χ1v) is 11.8. The highest BCUT2D eigenvalue weighted by atomic mass is 16.5. The molecule has 5 heteroatoms. The molecule has 0 bridgehead atoms. The summed E-state index contributed by atoms with van der Waals surface area (Å²) in [6.45, 7) is 4.64. The maximum Gasteiger partial charge on any atom is 0.255 e. The van der Waals surface area contributed by atoms with E-state index in [1.54, 1.807) is 6.07 Å². The number of carbonyl (C=O) groups is 1. The molecule has 0 spiro atoms. The first kappa shape index (κ1) is 22.4. The Morgan fingerprint density at radius 1 is 0.971 bits per heavy atom. The van der Waals surface area contributed by atoms with Crippen molar-refractivity contribution in [3.05, 3.63) is 89.5 Å². The highest BCUT2D eigenvalue weighted by Crippen LogP contribution is 2.29. The summed E-state index contributed by atoms with van der Waals surface area (Å²) in [7, 11) is 2.17. The van der Waals surface area contributed by atoms with Crippen LogP contribution in [0, 0.1) is 6.92 Å². The second-order valence-corrected chi connectivity index (χ2v) is 9.14. The standard InChI is InChI=1S/C29H30N2O3/c1-20-3-7-22(8-4-20)28-18-24-17-23(9-12-27(24)34-28)29(32)30-25-10-5-21(6-11-25)19-31(2)26-13-15-33-16-14-26/h3-12,17-18,26H,13-16,19H2,1-2H3,(H,30,32). The zero-order chi connectivity index (χ0) is 23.5. The SMILES string of the molecule is Cc1ccc(-c2cc3cc(C(=O)Nc4ccc(CN(C)C5CCOCC5)cc4)ccc3o2)cc1. The van der Waals surface area contributed by atoms with Gasteiger partial charge in [0.2, 0.25) is 0 Å². The molecule has 0 saturated carbocycles. The maximum atomic E-state index is 12.9. The predicted octanol–water partition coefficient (Wildman–Crippen LogP) is 6.27. The quantitative estimate of drug-likeness (QED) is 0.373. The summed E-state index contributed by atoms with van der Waals surface area (Å²) in [5.41, 5.74) is 5.62. The van der Waals surface area contributed by atoms with Gasteiger partial charge in [0.05, 0.1) is 0 Å². The van der Waals surface area contributed by atoms with Crippen molar-refractivity contribution in [3.63, 3.8) is 0 Å². The molecule has 4 aromatic rings. The minimum absolute atomic E-state index is 0.132. The molecule has 1 fully saturated rings. The minimum Gasteiger partial charge on any atom is -0.456 e. The van der Waals surface area contributed by atoms with E-state index in [9.17, 15) is 4.79 Å². The van der Waals surface area contributed by atoms with Gasteiger partial charge in [-0.15, -0.1) is 0 Å². The number of fused-ring (bicyclic) bond motifs is 1. The van der Waals surface area contributed by atoms with Crippen molar-refractivity contribution in [3.8, 4) is 11.3 Å². The fraction of sp³-hybridized carbons (Fsp3) is 0.276. The Kier molecular flexibility index (Phi) is 6.48. The Balaban J connectivity index is 1.24. The van der Waals surface area contributed by atoms with Crippen molar-refractivity contribution >= 4 is 22.6 Å². The zero-order valence-electron chi connectivity index (χ0n) is 19.7. The number of amides is 1. The van der Waals surface area contributed by atoms with Gasteiger partial charge in [0, 0.05) is 48.0 Å². The summed E-state index contributed by atoms with van der Waals surface area (Å²) >= 11 is 0. The summed E-state index contributed by atoms with van der Waals surface area (Å²) in [5, 5.41) is 3.92. The second-order valence-electron chi connectivity index (χ2n) is 9.14. The molecular formula is C29H30N2O3. The molecular weight excluding hydrogens is 424 g/mol. The van der Waals surface area contributed by atoms with Gasteiger partial charge in [0.15, 0.2) is 0 Å². The summed E-state index contributed by atoms with van der Waals surface area (Å²) in [6, 6.07) is 24.4. The molecule has 1 aliphatic rings. The molecule has 3 aromatic carbocycles. The van der Waals surface area contributed by atoms with Crippen LogP contribution in [0.25, 0.3) is 22.3 Å². The minimum atomic E-state index is -0.132. The van der Waals surface area contributed by atoms with Crippen LogP contribution in [-0.2, 0) is 11.3 Å². The van der Waals surface area contributed by atoms with Crippen molar-refractivity contribution < 1.29 is 13.9 Å². The van der Waals surface area contributed by atoms with Crippen LogP contribution in [0.1, 0.15) is 34.3 Å². The molecule has 5 rings (SSSR count). The number of furan rings is 1. The van der Waals surface area contributed by atoms with Gasteiger partial charge >= 0.3 is 0 Å². The Hall–Kier alpha value is -3.41.